The molecule has 2 aliphatic rings. The minimum atomic E-state index is -1.77. The molecule has 5 amide bonds. The smallest absolute Gasteiger partial charge is 0.330 e. The van der Waals surface area contributed by atoms with Crippen molar-refractivity contribution in [3.63, 3.8) is 0 Å². The van der Waals surface area contributed by atoms with Crippen molar-refractivity contribution in [1.29, 1.82) is 0 Å². The summed E-state index contributed by atoms with van der Waals surface area (Å²) in [6.07, 6.45) is -0.209. The van der Waals surface area contributed by atoms with Crippen LogP contribution in [0.4, 0.5) is 16.2 Å². The van der Waals surface area contributed by atoms with E-state index in [4.69, 9.17) is 21.1 Å². The molecule has 50 heavy (non-hydrogen) atoms. The number of carbonyl (C=O) groups is 5. The molecule has 11 nitrogen and oxygen atoms in total. The van der Waals surface area contributed by atoms with Gasteiger partial charge in [-0.2, -0.15) is 0 Å². The molecule has 1 aliphatic heterocycles. The minimum Gasteiger partial charge on any atom is -0.480 e. The van der Waals surface area contributed by atoms with Gasteiger partial charge in [0.15, 0.2) is 17.9 Å². The number of nitrogens with zero attached hydrogens (tertiary/aromatic N) is 2. The Hall–Kier alpha value is -4.74. The summed E-state index contributed by atoms with van der Waals surface area (Å²) in [6.45, 7) is 9.41. The van der Waals surface area contributed by atoms with E-state index in [1.54, 1.807) is 25.1 Å². The van der Waals surface area contributed by atoms with E-state index in [-0.39, 0.29) is 23.9 Å². The number of ether oxygens (including phenoxy) is 2. The molecular weight excluding hydrogens is 660 g/mol. The minimum absolute atomic E-state index is 0.0353. The number of benzene rings is 3. The fourth-order valence-corrected chi connectivity index (χ4v) is 6.34. The maximum absolute atomic E-state index is 14.1. The first kappa shape index (κ1) is 36.5. The van der Waals surface area contributed by atoms with Crippen molar-refractivity contribution in [2.45, 2.75) is 85.2 Å². The van der Waals surface area contributed by atoms with Crippen LogP contribution in [0.25, 0.3) is 0 Å². The first-order valence-corrected chi connectivity index (χ1v) is 17.3. The number of halogens is 1. The summed E-state index contributed by atoms with van der Waals surface area (Å²) in [4.78, 5) is 71.4. The zero-order valence-corrected chi connectivity index (χ0v) is 29.7. The third-order valence-electron chi connectivity index (χ3n) is 9.27. The average molecular weight is 703 g/mol. The lowest BCUT2D eigenvalue weighted by Crippen LogP contribution is -2.54. The Bertz CT molecular complexity index is 1780. The molecule has 1 saturated carbocycles. The highest BCUT2D eigenvalue weighted by atomic mass is 35.5. The van der Waals surface area contributed by atoms with Crippen molar-refractivity contribution < 1.29 is 33.4 Å². The van der Waals surface area contributed by atoms with Crippen LogP contribution in [-0.2, 0) is 30.5 Å². The number of imide groups is 1. The van der Waals surface area contributed by atoms with E-state index in [1.165, 1.54) is 17.0 Å². The number of amides is 5. The molecule has 3 unspecified atom stereocenters. The van der Waals surface area contributed by atoms with Crippen LogP contribution in [0.15, 0.2) is 66.7 Å². The molecule has 0 aromatic heterocycles. The third-order valence-corrected chi connectivity index (χ3v) is 9.60. The maximum Gasteiger partial charge on any atom is 0.330 e. The molecule has 2 N–H and O–H groups in total. The molecule has 0 radical (unpaired) electrons. The van der Waals surface area contributed by atoms with Crippen LogP contribution in [0.3, 0.4) is 0 Å². The fourth-order valence-electron chi connectivity index (χ4n) is 6.17. The highest BCUT2D eigenvalue weighted by Gasteiger charge is 2.59. The molecule has 0 spiro atoms. The molecule has 1 aliphatic carbocycles. The summed E-state index contributed by atoms with van der Waals surface area (Å²) in [5, 5.41) is 5.61. The van der Waals surface area contributed by atoms with Gasteiger partial charge in [0.2, 0.25) is 6.23 Å². The van der Waals surface area contributed by atoms with E-state index in [0.29, 0.717) is 37.1 Å². The van der Waals surface area contributed by atoms with E-state index < -0.39 is 53.3 Å². The molecule has 2 fully saturated rings. The van der Waals surface area contributed by atoms with Gasteiger partial charge in [-0.1, -0.05) is 73.5 Å². The van der Waals surface area contributed by atoms with Gasteiger partial charge in [0.1, 0.15) is 5.75 Å². The first-order chi connectivity index (χ1) is 23.9. The zero-order chi connectivity index (χ0) is 36.2. The summed E-state index contributed by atoms with van der Waals surface area (Å²) in [5.41, 5.74) is 2.28. The molecule has 5 rings (SSSR count). The predicted octanol–water partition coefficient (Wildman–Crippen LogP) is 6.65. The van der Waals surface area contributed by atoms with Gasteiger partial charge in [0.05, 0.1) is 17.3 Å². The van der Waals surface area contributed by atoms with E-state index in [2.05, 4.69) is 10.6 Å². The Labute approximate surface area is 297 Å². The molecular formula is C38H43ClN4O7. The Morgan fingerprint density at radius 2 is 1.66 bits per heavy atom. The molecule has 1 heterocycles. The second-order valence-electron chi connectivity index (χ2n) is 12.8. The zero-order valence-electron chi connectivity index (χ0n) is 29.0. The molecule has 3 aromatic rings. The number of hydrogen-bond donors (Lipinski definition) is 2. The Balaban J connectivity index is 1.40. The highest BCUT2D eigenvalue weighted by Crippen LogP contribution is 2.51. The Kier molecular flexibility index (Phi) is 11.3. The Morgan fingerprint density at radius 3 is 2.28 bits per heavy atom. The fraction of sp³-hybridized carbons (Fsp3) is 0.395. The van der Waals surface area contributed by atoms with Crippen LogP contribution in [-0.4, -0.2) is 64.3 Å². The van der Waals surface area contributed by atoms with Gasteiger partial charge >= 0.3 is 6.03 Å². The van der Waals surface area contributed by atoms with Crippen molar-refractivity contribution in [3.05, 3.63) is 88.4 Å². The monoisotopic (exact) mass is 702 g/mol. The lowest BCUT2D eigenvalue weighted by Gasteiger charge is -2.27. The number of hydrogen-bond acceptors (Lipinski definition) is 7. The van der Waals surface area contributed by atoms with E-state index in [9.17, 15) is 24.0 Å². The molecule has 3 atom stereocenters. The maximum atomic E-state index is 14.1. The van der Waals surface area contributed by atoms with Gasteiger partial charge in [-0.15, -0.1) is 0 Å². The molecule has 0 bridgehead atoms. The lowest BCUT2D eigenvalue weighted by atomic mass is 9.91. The summed E-state index contributed by atoms with van der Waals surface area (Å²) >= 11 is 6.50. The van der Waals surface area contributed by atoms with Gasteiger partial charge in [0.25, 0.3) is 17.7 Å². The summed E-state index contributed by atoms with van der Waals surface area (Å²) < 4.78 is 11.7. The number of rotatable bonds is 15. The summed E-state index contributed by atoms with van der Waals surface area (Å²) in [7, 11) is 0. The average Bonchev–Trinajstić information content (AvgIpc) is 3.87. The van der Waals surface area contributed by atoms with Crippen molar-refractivity contribution in [3.8, 4) is 5.75 Å². The van der Waals surface area contributed by atoms with Gasteiger partial charge in [-0.05, 0) is 81.8 Å². The van der Waals surface area contributed by atoms with Crippen LogP contribution in [0.2, 0.25) is 5.02 Å². The van der Waals surface area contributed by atoms with E-state index >= 15 is 0 Å². The second-order valence-corrected chi connectivity index (χ2v) is 13.2. The van der Waals surface area contributed by atoms with Crippen LogP contribution < -0.4 is 15.4 Å². The van der Waals surface area contributed by atoms with Gasteiger partial charge in [-0.3, -0.25) is 24.1 Å². The summed E-state index contributed by atoms with van der Waals surface area (Å²) in [5.74, 6) is -2.03. The third kappa shape index (κ3) is 7.69. The number of urea groups is 1. The number of anilines is 2. The van der Waals surface area contributed by atoms with Gasteiger partial charge in [-0.25, -0.2) is 9.69 Å². The number of aryl methyl sites for hydroxylation is 2. The van der Waals surface area contributed by atoms with Crippen LogP contribution in [0.5, 0.6) is 5.75 Å². The van der Waals surface area contributed by atoms with Gasteiger partial charge < -0.3 is 20.1 Å². The van der Waals surface area contributed by atoms with E-state index in [1.807, 2.05) is 64.1 Å². The lowest BCUT2D eigenvalue weighted by molar-refractivity contribution is -0.149. The van der Waals surface area contributed by atoms with E-state index in [0.717, 1.165) is 21.6 Å². The van der Waals surface area contributed by atoms with Crippen molar-refractivity contribution >= 4 is 52.5 Å². The molecule has 264 valence electrons. The van der Waals surface area contributed by atoms with Gasteiger partial charge in [0, 0.05) is 17.7 Å². The van der Waals surface area contributed by atoms with Crippen molar-refractivity contribution in [1.82, 2.24) is 9.80 Å². The summed E-state index contributed by atoms with van der Waals surface area (Å²) in [6, 6.07) is 16.7. The largest absolute Gasteiger partial charge is 0.480 e. The topological polar surface area (TPSA) is 134 Å². The standard InChI is InChI=1S/C38H43ClN4O7/c1-6-29(50-30-17-14-23(4)20-24(30)5)33(45)40-26-15-16-27(39)28(21-26)41-34(46)31(32(44)38(7-2)18-19-38)43-35(47)36(49-8-3)42(37(43)48)22-25-12-10-9-11-13-25/h9-17,20-21,29,31,36H,6-8,18-19,22H2,1-5H3,(H,40,45)(H,41,46). The molecule has 1 saturated heterocycles. The predicted molar refractivity (Wildman–Crippen MR) is 190 cm³/mol. The number of Topliss-reactive ketones (excluding diaryl/α,β-unsaturated/α-hetero) is 1. The normalized spacial score (nSPS) is 17.7. The Morgan fingerprint density at radius 1 is 0.940 bits per heavy atom. The molecule has 3 aromatic carbocycles. The second kappa shape index (κ2) is 15.4. The number of ketones is 1. The van der Waals surface area contributed by atoms with Crippen LogP contribution in [0.1, 0.15) is 63.1 Å². The quantitative estimate of drug-likeness (QED) is 0.134. The first-order valence-electron chi connectivity index (χ1n) is 16.9. The number of carbonyl (C=O) groups excluding carboxylic acids is 5. The highest BCUT2D eigenvalue weighted by molar-refractivity contribution is 6.34. The number of nitrogens with one attached hydrogen (secondary N) is 2. The van der Waals surface area contributed by atoms with Crippen LogP contribution >= 0.6 is 11.6 Å². The molecule has 12 heteroatoms. The van der Waals surface area contributed by atoms with Crippen molar-refractivity contribution in [2.75, 3.05) is 17.2 Å². The van der Waals surface area contributed by atoms with Crippen molar-refractivity contribution in [2.24, 2.45) is 5.41 Å². The SMILES string of the molecule is CCOC1C(=O)N(C(C(=O)Nc2cc(NC(=O)C(CC)Oc3ccc(C)cc3C)ccc2Cl)C(=O)C2(CC)CC2)C(=O)N1Cc1ccccc1. The van der Waals surface area contributed by atoms with Crippen LogP contribution in [0, 0.1) is 19.3 Å².